The summed E-state index contributed by atoms with van der Waals surface area (Å²) in [5.74, 6) is 2.13. The van der Waals surface area contributed by atoms with Gasteiger partial charge in [-0.1, -0.05) is 12.1 Å². The first-order valence-electron chi connectivity index (χ1n) is 10.4. The Labute approximate surface area is 184 Å². The monoisotopic (exact) mass is 424 g/mol. The number of aliphatic imine (C=N–C) groups is 1. The van der Waals surface area contributed by atoms with Crippen molar-refractivity contribution in [1.29, 1.82) is 0 Å². The number of piperidine rings is 1. The van der Waals surface area contributed by atoms with Gasteiger partial charge < -0.3 is 30.2 Å². The van der Waals surface area contributed by atoms with Crippen molar-refractivity contribution in [3.8, 4) is 17.2 Å². The van der Waals surface area contributed by atoms with Crippen LogP contribution in [0.15, 0.2) is 47.6 Å². The van der Waals surface area contributed by atoms with Gasteiger partial charge in [0.15, 0.2) is 11.5 Å². The van der Waals surface area contributed by atoms with E-state index in [0.29, 0.717) is 23.2 Å². The van der Waals surface area contributed by atoms with Crippen molar-refractivity contribution in [2.24, 2.45) is 10.7 Å². The normalized spacial score (nSPS) is 14.9. The van der Waals surface area contributed by atoms with Crippen molar-refractivity contribution >= 4 is 18.1 Å². The minimum absolute atomic E-state index is 0.458. The second-order valence-electron chi connectivity index (χ2n) is 7.42. The third kappa shape index (κ3) is 5.30. The van der Waals surface area contributed by atoms with Gasteiger partial charge in [0.25, 0.3) is 0 Å². The molecule has 0 radical (unpaired) electrons. The predicted molar refractivity (Wildman–Crippen MR) is 125 cm³/mol. The third-order valence-electron chi connectivity index (χ3n) is 5.70. The van der Waals surface area contributed by atoms with Gasteiger partial charge in [0.05, 0.1) is 32.7 Å². The van der Waals surface area contributed by atoms with Gasteiger partial charge in [0.1, 0.15) is 5.75 Å². The third-order valence-corrected chi connectivity index (χ3v) is 5.70. The van der Waals surface area contributed by atoms with Crippen molar-refractivity contribution in [2.45, 2.75) is 25.4 Å². The second kappa shape index (κ2) is 10.7. The lowest BCUT2D eigenvalue weighted by Gasteiger charge is -2.36. The Morgan fingerprint density at radius 1 is 1.10 bits per heavy atom. The number of benzene rings is 2. The fourth-order valence-electron chi connectivity index (χ4n) is 3.90. The average molecular weight is 425 g/mol. The highest BCUT2D eigenvalue weighted by molar-refractivity contribution is 5.77. The molecule has 166 valence electrons. The minimum atomic E-state index is 0.458. The van der Waals surface area contributed by atoms with Crippen molar-refractivity contribution in [3.63, 3.8) is 0 Å². The van der Waals surface area contributed by atoms with Crippen LogP contribution in [-0.4, -0.2) is 52.1 Å². The number of hydrogen-bond acceptors (Lipinski definition) is 7. The van der Waals surface area contributed by atoms with E-state index in [4.69, 9.17) is 19.9 Å². The summed E-state index contributed by atoms with van der Waals surface area (Å²) in [4.78, 5) is 6.47. The van der Waals surface area contributed by atoms with Crippen LogP contribution in [0.2, 0.25) is 0 Å². The summed E-state index contributed by atoms with van der Waals surface area (Å²) >= 11 is 0. The van der Waals surface area contributed by atoms with Gasteiger partial charge in [-0.15, -0.1) is 0 Å². The summed E-state index contributed by atoms with van der Waals surface area (Å²) in [5.41, 5.74) is 9.83. The molecular formula is C24H32N4O3. The highest BCUT2D eigenvalue weighted by Crippen LogP contribution is 2.39. The highest BCUT2D eigenvalue weighted by Gasteiger charge is 2.23. The van der Waals surface area contributed by atoms with Gasteiger partial charge in [-0.05, 0) is 43.3 Å². The fourth-order valence-corrected chi connectivity index (χ4v) is 3.90. The molecule has 0 aliphatic carbocycles. The van der Waals surface area contributed by atoms with E-state index in [1.54, 1.807) is 27.5 Å². The molecule has 0 spiro atoms. The molecule has 1 heterocycles. The van der Waals surface area contributed by atoms with Gasteiger partial charge in [-0.3, -0.25) is 4.99 Å². The van der Waals surface area contributed by atoms with Gasteiger partial charge in [0, 0.05) is 43.5 Å². The minimum Gasteiger partial charge on any atom is -0.497 e. The zero-order valence-corrected chi connectivity index (χ0v) is 18.6. The van der Waals surface area contributed by atoms with Crippen LogP contribution >= 0.6 is 0 Å². The van der Waals surface area contributed by atoms with E-state index in [1.165, 1.54) is 5.56 Å². The molecule has 0 amide bonds. The Morgan fingerprint density at radius 2 is 1.74 bits per heavy atom. The summed E-state index contributed by atoms with van der Waals surface area (Å²) < 4.78 is 16.1. The van der Waals surface area contributed by atoms with Crippen LogP contribution in [0, 0.1) is 0 Å². The van der Waals surface area contributed by atoms with Crippen LogP contribution in [0.25, 0.3) is 5.70 Å². The summed E-state index contributed by atoms with van der Waals surface area (Å²) in [5, 5.41) is 3.67. The Hall–Kier alpha value is -3.19. The number of likely N-dealkylation sites (tertiary alicyclic amines) is 1. The zero-order valence-electron chi connectivity index (χ0n) is 18.6. The molecule has 1 fully saturated rings. The largest absolute Gasteiger partial charge is 0.497 e. The molecule has 3 N–H and O–H groups in total. The number of rotatable bonds is 9. The summed E-state index contributed by atoms with van der Waals surface area (Å²) in [6, 6.07) is 12.4. The molecule has 1 aliphatic heterocycles. The number of ether oxygens (including phenoxy) is 3. The molecule has 2 aromatic rings. The van der Waals surface area contributed by atoms with E-state index in [2.05, 4.69) is 34.1 Å². The van der Waals surface area contributed by atoms with E-state index in [1.807, 2.05) is 24.3 Å². The van der Waals surface area contributed by atoms with Crippen LogP contribution in [0.5, 0.6) is 17.2 Å². The molecule has 1 saturated heterocycles. The first-order chi connectivity index (χ1) is 15.1. The number of nitrogens with one attached hydrogen (secondary N) is 1. The molecule has 2 aromatic carbocycles. The first-order valence-corrected chi connectivity index (χ1v) is 10.4. The molecule has 0 aromatic heterocycles. The SMILES string of the molecule is C=Nc1cc(OC)c(OC)cc1/C(=C\N)N1CCC(NCc2ccc(OC)cc2)CC1. The summed E-state index contributed by atoms with van der Waals surface area (Å²) in [7, 11) is 4.91. The number of nitrogens with zero attached hydrogens (tertiary/aromatic N) is 2. The fraction of sp³-hybridized carbons (Fsp3) is 0.375. The van der Waals surface area contributed by atoms with Crippen molar-refractivity contribution in [3.05, 3.63) is 53.7 Å². The lowest BCUT2D eigenvalue weighted by molar-refractivity contribution is 0.270. The molecule has 3 rings (SSSR count). The smallest absolute Gasteiger partial charge is 0.162 e. The zero-order chi connectivity index (χ0) is 22.2. The maximum Gasteiger partial charge on any atom is 0.162 e. The van der Waals surface area contributed by atoms with Gasteiger partial charge in [-0.2, -0.15) is 0 Å². The Balaban J connectivity index is 1.64. The molecule has 7 heteroatoms. The molecule has 31 heavy (non-hydrogen) atoms. The number of hydrogen-bond donors (Lipinski definition) is 2. The number of methoxy groups -OCH3 is 3. The van der Waals surface area contributed by atoms with E-state index >= 15 is 0 Å². The average Bonchev–Trinajstić information content (AvgIpc) is 2.83. The maximum absolute atomic E-state index is 6.05. The lowest BCUT2D eigenvalue weighted by atomic mass is 10.0. The Bertz CT molecular complexity index is 904. The topological polar surface area (TPSA) is 81.3 Å². The Kier molecular flexibility index (Phi) is 7.78. The van der Waals surface area contributed by atoms with E-state index < -0.39 is 0 Å². The second-order valence-corrected chi connectivity index (χ2v) is 7.42. The van der Waals surface area contributed by atoms with Gasteiger partial charge >= 0.3 is 0 Å². The molecule has 0 saturated carbocycles. The van der Waals surface area contributed by atoms with E-state index in [9.17, 15) is 0 Å². The molecule has 0 bridgehead atoms. The van der Waals surface area contributed by atoms with Gasteiger partial charge in [-0.25, -0.2) is 0 Å². The van der Waals surface area contributed by atoms with Crippen LogP contribution in [-0.2, 0) is 6.54 Å². The predicted octanol–water partition coefficient (Wildman–Crippen LogP) is 3.56. The molecular weight excluding hydrogens is 392 g/mol. The summed E-state index contributed by atoms with van der Waals surface area (Å²) in [6.45, 7) is 6.35. The first kappa shape index (κ1) is 22.5. The molecule has 7 nitrogen and oxygen atoms in total. The Morgan fingerprint density at radius 3 is 2.29 bits per heavy atom. The van der Waals surface area contributed by atoms with Crippen molar-refractivity contribution in [2.75, 3.05) is 34.4 Å². The van der Waals surface area contributed by atoms with Gasteiger partial charge in [0.2, 0.25) is 0 Å². The molecule has 1 aliphatic rings. The van der Waals surface area contributed by atoms with Crippen LogP contribution in [0.3, 0.4) is 0 Å². The highest BCUT2D eigenvalue weighted by atomic mass is 16.5. The number of nitrogens with two attached hydrogens (primary N) is 1. The van der Waals surface area contributed by atoms with Crippen molar-refractivity contribution in [1.82, 2.24) is 10.2 Å². The van der Waals surface area contributed by atoms with Crippen molar-refractivity contribution < 1.29 is 14.2 Å². The van der Waals surface area contributed by atoms with E-state index in [-0.39, 0.29) is 0 Å². The quantitative estimate of drug-likeness (QED) is 0.599. The standard InChI is InChI=1S/C24H32N4O3/c1-26-21-14-24(31-4)23(30-3)13-20(21)22(15-25)28-11-9-18(10-12-28)27-16-17-5-7-19(29-2)8-6-17/h5-8,13-15,18,27H,1,9-12,16,25H2,2-4H3/b22-15+. The molecule has 0 unspecified atom stereocenters. The van der Waals surface area contributed by atoms with Crippen LogP contribution in [0.1, 0.15) is 24.0 Å². The van der Waals surface area contributed by atoms with Crippen LogP contribution < -0.4 is 25.3 Å². The molecule has 0 atom stereocenters. The summed E-state index contributed by atoms with van der Waals surface area (Å²) in [6.07, 6.45) is 3.69. The lowest BCUT2D eigenvalue weighted by Crippen LogP contribution is -2.41. The van der Waals surface area contributed by atoms with Crippen LogP contribution in [0.4, 0.5) is 5.69 Å². The maximum atomic E-state index is 6.05. The van der Waals surface area contributed by atoms with E-state index in [0.717, 1.165) is 49.5 Å².